The first-order valence-electron chi connectivity index (χ1n) is 7.89. The number of halogens is 1. The molecule has 0 aliphatic heterocycles. The van der Waals surface area contributed by atoms with Crippen molar-refractivity contribution in [3.05, 3.63) is 59.1 Å². The maximum absolute atomic E-state index is 12.6. The van der Waals surface area contributed by atoms with Gasteiger partial charge in [0.05, 0.1) is 11.6 Å². The highest BCUT2D eigenvalue weighted by Crippen LogP contribution is 2.25. The predicted octanol–water partition coefficient (Wildman–Crippen LogP) is 2.74. The van der Waals surface area contributed by atoms with E-state index in [1.54, 1.807) is 7.05 Å². The Morgan fingerprint density at radius 2 is 1.73 bits per heavy atom. The molecule has 6 nitrogen and oxygen atoms in total. The number of nitrogens with zero attached hydrogens (tertiary/aromatic N) is 2. The van der Waals surface area contributed by atoms with E-state index in [0.29, 0.717) is 13.2 Å². The maximum atomic E-state index is 12.6. The van der Waals surface area contributed by atoms with E-state index in [-0.39, 0.29) is 21.4 Å². The lowest BCUT2D eigenvalue weighted by Gasteiger charge is -2.19. The fourth-order valence-corrected chi connectivity index (χ4v) is 3.56. The van der Waals surface area contributed by atoms with Crippen molar-refractivity contribution in [2.45, 2.75) is 4.90 Å². The number of carbonyl (C=O) groups excluding carboxylic acids is 1. The number of rotatable bonds is 7. The van der Waals surface area contributed by atoms with Crippen molar-refractivity contribution in [2.75, 3.05) is 34.3 Å². The average Bonchev–Trinajstić information content (AvgIpc) is 2.62. The molecule has 1 amide bonds. The lowest BCUT2D eigenvalue weighted by Crippen LogP contribution is -2.31. The molecule has 2 aromatic carbocycles. The summed E-state index contributed by atoms with van der Waals surface area (Å²) in [4.78, 5) is 13.9. The first-order chi connectivity index (χ1) is 12.2. The molecule has 0 saturated carbocycles. The summed E-state index contributed by atoms with van der Waals surface area (Å²) in [7, 11) is 0.714. The van der Waals surface area contributed by atoms with Gasteiger partial charge in [0.25, 0.3) is 5.91 Å². The van der Waals surface area contributed by atoms with Crippen molar-refractivity contribution in [1.29, 1.82) is 0 Å². The molecule has 0 unspecified atom stereocenters. The number of ether oxygens (including phenoxy) is 1. The van der Waals surface area contributed by atoms with Crippen molar-refractivity contribution in [2.24, 2.45) is 0 Å². The summed E-state index contributed by atoms with van der Waals surface area (Å²) in [5, 5.41) is 0.0744. The van der Waals surface area contributed by atoms with Gasteiger partial charge in [-0.1, -0.05) is 29.8 Å². The molecule has 140 valence electrons. The van der Waals surface area contributed by atoms with Gasteiger partial charge in [-0.15, -0.1) is 0 Å². The van der Waals surface area contributed by atoms with Crippen LogP contribution in [0, 0.1) is 0 Å². The monoisotopic (exact) mass is 396 g/mol. The van der Waals surface area contributed by atoms with Crippen LogP contribution in [0.4, 0.5) is 0 Å². The third kappa shape index (κ3) is 4.75. The number of benzene rings is 2. The quantitative estimate of drug-likeness (QED) is 0.721. The van der Waals surface area contributed by atoms with Crippen LogP contribution < -0.4 is 4.74 Å². The zero-order valence-corrected chi connectivity index (χ0v) is 16.4. The van der Waals surface area contributed by atoms with Crippen molar-refractivity contribution < 1.29 is 17.9 Å². The lowest BCUT2D eigenvalue weighted by molar-refractivity contribution is 0.0773. The smallest absolute Gasteiger partial charge is 0.253 e. The minimum absolute atomic E-state index is 0.0744. The van der Waals surface area contributed by atoms with Gasteiger partial charge in [0.2, 0.25) is 10.0 Å². The van der Waals surface area contributed by atoms with Gasteiger partial charge in [-0.05, 0) is 30.3 Å². The minimum Gasteiger partial charge on any atom is -0.492 e. The summed E-state index contributed by atoms with van der Waals surface area (Å²) < 4.78 is 31.3. The molecule has 0 fully saturated rings. The maximum Gasteiger partial charge on any atom is 0.253 e. The zero-order chi connectivity index (χ0) is 19.3. The Kier molecular flexibility index (Phi) is 6.63. The van der Waals surface area contributed by atoms with Gasteiger partial charge in [0.1, 0.15) is 17.3 Å². The molecule has 26 heavy (non-hydrogen) atoms. The number of sulfonamides is 1. The van der Waals surface area contributed by atoms with E-state index < -0.39 is 10.0 Å². The SMILES string of the molecule is CN(CCOc1ccccc1)C(=O)c1ccc(Cl)c(S(=O)(=O)N(C)C)c1. The zero-order valence-electron chi connectivity index (χ0n) is 14.8. The number of likely N-dealkylation sites (N-methyl/N-ethyl adjacent to an activating group) is 1. The molecule has 0 spiro atoms. The van der Waals surface area contributed by atoms with Crippen molar-refractivity contribution in [3.63, 3.8) is 0 Å². The Bertz CT molecular complexity index is 870. The lowest BCUT2D eigenvalue weighted by atomic mass is 10.2. The Hall–Kier alpha value is -2.09. The summed E-state index contributed by atoms with van der Waals surface area (Å²) >= 11 is 6.01. The largest absolute Gasteiger partial charge is 0.492 e. The predicted molar refractivity (Wildman–Crippen MR) is 101 cm³/mol. The molecule has 0 aliphatic rings. The number of hydrogen-bond acceptors (Lipinski definition) is 4. The fraction of sp³-hybridized carbons (Fsp3) is 0.278. The molecule has 0 radical (unpaired) electrons. The molecule has 2 rings (SSSR count). The van der Waals surface area contributed by atoms with Gasteiger partial charge in [0, 0.05) is 26.7 Å². The van der Waals surface area contributed by atoms with Crippen LogP contribution in [0.1, 0.15) is 10.4 Å². The Morgan fingerprint density at radius 3 is 2.35 bits per heavy atom. The Balaban J connectivity index is 2.09. The summed E-state index contributed by atoms with van der Waals surface area (Å²) in [5.41, 5.74) is 0.247. The minimum atomic E-state index is -3.74. The van der Waals surface area contributed by atoms with Crippen molar-refractivity contribution in [1.82, 2.24) is 9.21 Å². The van der Waals surface area contributed by atoms with Crippen LogP contribution in [0.15, 0.2) is 53.4 Å². The summed E-state index contributed by atoms with van der Waals surface area (Å²) in [6.45, 7) is 0.675. The topological polar surface area (TPSA) is 66.9 Å². The van der Waals surface area contributed by atoms with E-state index in [1.165, 1.54) is 37.2 Å². The normalized spacial score (nSPS) is 11.4. The molecule has 0 aliphatic carbocycles. The molecule has 2 aromatic rings. The standard InChI is InChI=1S/C18H21ClN2O4S/c1-20(2)26(23,24)17-13-14(9-10-16(17)19)18(22)21(3)11-12-25-15-7-5-4-6-8-15/h4-10,13H,11-12H2,1-3H3. The second-order valence-electron chi connectivity index (χ2n) is 5.82. The first kappa shape index (κ1) is 20.2. The Morgan fingerprint density at radius 1 is 1.08 bits per heavy atom. The molecular weight excluding hydrogens is 376 g/mol. The average molecular weight is 397 g/mol. The Labute approximate surface area is 159 Å². The highest BCUT2D eigenvalue weighted by molar-refractivity contribution is 7.89. The molecule has 0 heterocycles. The van der Waals surface area contributed by atoms with Crippen LogP contribution in [0.2, 0.25) is 5.02 Å². The van der Waals surface area contributed by atoms with E-state index >= 15 is 0 Å². The van der Waals surface area contributed by atoms with Crippen molar-refractivity contribution in [3.8, 4) is 5.75 Å². The van der Waals surface area contributed by atoms with Crippen LogP contribution in [0.3, 0.4) is 0 Å². The summed E-state index contributed by atoms with van der Waals surface area (Å²) in [5.74, 6) is 0.410. The van der Waals surface area contributed by atoms with Crippen LogP contribution >= 0.6 is 11.6 Å². The first-order valence-corrected chi connectivity index (χ1v) is 9.70. The summed E-state index contributed by atoms with van der Waals surface area (Å²) in [6, 6.07) is 13.5. The molecule has 0 atom stereocenters. The molecule has 8 heteroatoms. The number of para-hydroxylation sites is 1. The van der Waals surface area contributed by atoms with Crippen LogP contribution in [0.25, 0.3) is 0 Å². The van der Waals surface area contributed by atoms with Gasteiger partial charge >= 0.3 is 0 Å². The highest BCUT2D eigenvalue weighted by Gasteiger charge is 2.23. The van der Waals surface area contributed by atoms with Gasteiger partial charge in [-0.25, -0.2) is 12.7 Å². The highest BCUT2D eigenvalue weighted by atomic mass is 35.5. The van der Waals surface area contributed by atoms with E-state index in [1.807, 2.05) is 30.3 Å². The molecule has 0 aromatic heterocycles. The molecule has 0 bridgehead atoms. The van der Waals surface area contributed by atoms with Crippen LogP contribution in [-0.4, -0.2) is 57.8 Å². The van der Waals surface area contributed by atoms with Gasteiger partial charge in [-0.2, -0.15) is 0 Å². The second-order valence-corrected chi connectivity index (χ2v) is 8.35. The van der Waals surface area contributed by atoms with Gasteiger partial charge < -0.3 is 9.64 Å². The fourth-order valence-electron chi connectivity index (χ4n) is 2.17. The van der Waals surface area contributed by atoms with Crippen molar-refractivity contribution >= 4 is 27.5 Å². The van der Waals surface area contributed by atoms with Crippen LogP contribution in [0.5, 0.6) is 5.75 Å². The van der Waals surface area contributed by atoms with Crippen LogP contribution in [-0.2, 0) is 10.0 Å². The number of hydrogen-bond donors (Lipinski definition) is 0. The van der Waals surface area contributed by atoms with E-state index in [9.17, 15) is 13.2 Å². The number of carbonyl (C=O) groups is 1. The number of amides is 1. The van der Waals surface area contributed by atoms with E-state index in [2.05, 4.69) is 0 Å². The molecular formula is C18H21ClN2O4S. The van der Waals surface area contributed by atoms with Gasteiger partial charge in [-0.3, -0.25) is 4.79 Å². The third-order valence-electron chi connectivity index (χ3n) is 3.72. The molecule has 0 N–H and O–H groups in total. The van der Waals surface area contributed by atoms with Gasteiger partial charge in [0.15, 0.2) is 0 Å². The van der Waals surface area contributed by atoms with E-state index in [4.69, 9.17) is 16.3 Å². The van der Waals surface area contributed by atoms with E-state index in [0.717, 1.165) is 10.1 Å². The molecule has 0 saturated heterocycles. The second kappa shape index (κ2) is 8.53. The third-order valence-corrected chi connectivity index (χ3v) is 6.02. The summed E-state index contributed by atoms with van der Waals surface area (Å²) in [6.07, 6.45) is 0.